The fraction of sp³-hybridized carbons (Fsp3) is 0. The van der Waals surface area contributed by atoms with Gasteiger partial charge >= 0.3 is 0 Å². The summed E-state index contributed by atoms with van der Waals surface area (Å²) in [5, 5.41) is 7.26. The van der Waals surface area contributed by atoms with Crippen LogP contribution in [0, 0.1) is 0 Å². The number of para-hydroxylation sites is 3. The molecule has 0 aliphatic carbocycles. The molecule has 0 aliphatic rings. The highest BCUT2D eigenvalue weighted by Crippen LogP contribution is 2.47. The summed E-state index contributed by atoms with van der Waals surface area (Å²) in [5.74, 6) is 0. The van der Waals surface area contributed by atoms with Gasteiger partial charge in [0.2, 0.25) is 0 Å². The number of rotatable bonds is 5. The number of hydrogen-bond donors (Lipinski definition) is 0. The highest BCUT2D eigenvalue weighted by atomic mass is 32.1. The van der Waals surface area contributed by atoms with Gasteiger partial charge in [-0.05, 0) is 76.0 Å². The van der Waals surface area contributed by atoms with Gasteiger partial charge in [-0.25, -0.2) is 0 Å². The fourth-order valence-corrected chi connectivity index (χ4v) is 8.50. The molecule has 230 valence electrons. The Bertz CT molecular complexity index is 2850. The predicted octanol–water partition coefficient (Wildman–Crippen LogP) is 13.9. The highest BCUT2D eigenvalue weighted by Gasteiger charge is 2.23. The summed E-state index contributed by atoms with van der Waals surface area (Å²) in [6.45, 7) is 0. The highest BCUT2D eigenvalue weighted by molar-refractivity contribution is 7.25. The molecule has 8 aromatic carbocycles. The van der Waals surface area contributed by atoms with Gasteiger partial charge in [-0.2, -0.15) is 0 Å². The van der Waals surface area contributed by atoms with Gasteiger partial charge in [0, 0.05) is 42.2 Å². The molecule has 0 amide bonds. The van der Waals surface area contributed by atoms with Crippen molar-refractivity contribution in [2.75, 3.05) is 4.90 Å². The van der Waals surface area contributed by atoms with Crippen LogP contribution in [-0.4, -0.2) is 0 Å². The van der Waals surface area contributed by atoms with Gasteiger partial charge in [-0.15, -0.1) is 11.3 Å². The van der Waals surface area contributed by atoms with E-state index in [1.54, 1.807) is 0 Å². The molecule has 0 spiro atoms. The Hall–Kier alpha value is -6.16. The first-order valence-electron chi connectivity index (χ1n) is 16.6. The molecule has 0 radical (unpaired) electrons. The van der Waals surface area contributed by atoms with E-state index in [1.807, 2.05) is 17.4 Å². The second kappa shape index (κ2) is 11.2. The lowest BCUT2D eigenvalue weighted by Crippen LogP contribution is -2.11. The van der Waals surface area contributed by atoms with Crippen LogP contribution in [0.25, 0.3) is 75.1 Å². The molecular formula is C46H29NOS. The SMILES string of the molecule is c1cc(-c2ccccc2N(c2ccc3sc4ccccc4c3c2)c2cccc3c2oc2ccccc23)cc(-c2cccc3ccccc23)c1. The summed E-state index contributed by atoms with van der Waals surface area (Å²) in [6.07, 6.45) is 0. The lowest BCUT2D eigenvalue weighted by atomic mass is 9.94. The third-order valence-electron chi connectivity index (χ3n) is 9.66. The van der Waals surface area contributed by atoms with Gasteiger partial charge in [0.25, 0.3) is 0 Å². The van der Waals surface area contributed by atoms with Gasteiger partial charge in [0.1, 0.15) is 5.58 Å². The van der Waals surface area contributed by atoms with Crippen molar-refractivity contribution in [3.8, 4) is 22.3 Å². The van der Waals surface area contributed by atoms with Gasteiger partial charge in [-0.1, -0.05) is 127 Å². The Kier molecular flexibility index (Phi) is 6.39. The Labute approximate surface area is 287 Å². The molecule has 0 saturated heterocycles. The third-order valence-corrected chi connectivity index (χ3v) is 10.8. The molecule has 10 aromatic rings. The topological polar surface area (TPSA) is 16.4 Å². The van der Waals surface area contributed by atoms with E-state index < -0.39 is 0 Å². The van der Waals surface area contributed by atoms with Crippen molar-refractivity contribution >= 4 is 81.3 Å². The standard InChI is InChI=1S/C46H29NOS/c1-2-16-34-30(12-1)13-10-20-35(34)31-14-9-15-32(28-31)36-17-3-6-22-41(36)47(33-26-27-45-40(29-33)38-19-5-8-25-44(38)49-45)42-23-11-21-39-37-18-4-7-24-43(37)48-46(39)42/h1-29H. The minimum Gasteiger partial charge on any atom is -0.454 e. The molecule has 0 aliphatic heterocycles. The van der Waals surface area contributed by atoms with Crippen molar-refractivity contribution in [2.45, 2.75) is 0 Å². The maximum Gasteiger partial charge on any atom is 0.159 e. The van der Waals surface area contributed by atoms with Gasteiger partial charge in [0.15, 0.2) is 5.58 Å². The first-order valence-corrected chi connectivity index (χ1v) is 17.4. The maximum absolute atomic E-state index is 6.67. The number of furan rings is 1. The number of thiophene rings is 1. The smallest absolute Gasteiger partial charge is 0.159 e. The van der Waals surface area contributed by atoms with E-state index in [4.69, 9.17) is 4.42 Å². The molecule has 2 heterocycles. The largest absolute Gasteiger partial charge is 0.454 e. The summed E-state index contributed by atoms with van der Waals surface area (Å²) >= 11 is 1.84. The van der Waals surface area contributed by atoms with Gasteiger partial charge in [0.05, 0.1) is 11.4 Å². The van der Waals surface area contributed by atoms with Crippen LogP contribution in [0.3, 0.4) is 0 Å². The number of hydrogen-bond acceptors (Lipinski definition) is 3. The van der Waals surface area contributed by atoms with E-state index in [0.29, 0.717) is 0 Å². The molecule has 0 unspecified atom stereocenters. The molecule has 49 heavy (non-hydrogen) atoms. The van der Waals surface area contributed by atoms with Crippen LogP contribution in [0.5, 0.6) is 0 Å². The Morgan fingerprint density at radius 1 is 0.408 bits per heavy atom. The molecule has 2 nitrogen and oxygen atoms in total. The molecule has 0 saturated carbocycles. The van der Waals surface area contributed by atoms with Crippen molar-refractivity contribution in [3.05, 3.63) is 176 Å². The van der Waals surface area contributed by atoms with Crippen molar-refractivity contribution in [3.63, 3.8) is 0 Å². The minimum absolute atomic E-state index is 0.873. The Balaban J connectivity index is 1.22. The second-order valence-electron chi connectivity index (χ2n) is 12.5. The van der Waals surface area contributed by atoms with Crippen LogP contribution in [-0.2, 0) is 0 Å². The van der Waals surface area contributed by atoms with E-state index in [2.05, 4.69) is 175 Å². The molecule has 0 N–H and O–H groups in total. The lowest BCUT2D eigenvalue weighted by molar-refractivity contribution is 0.669. The van der Waals surface area contributed by atoms with Crippen molar-refractivity contribution in [2.24, 2.45) is 0 Å². The number of fused-ring (bicyclic) bond motifs is 7. The summed E-state index contributed by atoms with van der Waals surface area (Å²) in [4.78, 5) is 2.39. The van der Waals surface area contributed by atoms with E-state index >= 15 is 0 Å². The molecule has 0 fully saturated rings. The second-order valence-corrected chi connectivity index (χ2v) is 13.6. The van der Waals surface area contributed by atoms with Crippen molar-refractivity contribution in [1.82, 2.24) is 0 Å². The predicted molar refractivity (Wildman–Crippen MR) is 210 cm³/mol. The molecule has 0 atom stereocenters. The van der Waals surface area contributed by atoms with Crippen LogP contribution in [0.15, 0.2) is 180 Å². The first kappa shape index (κ1) is 27.9. The quantitative estimate of drug-likeness (QED) is 0.186. The molecule has 0 bridgehead atoms. The molecule has 3 heteroatoms. The zero-order chi connectivity index (χ0) is 32.3. The van der Waals surface area contributed by atoms with E-state index in [0.717, 1.165) is 50.1 Å². The van der Waals surface area contributed by atoms with Crippen LogP contribution in [0.1, 0.15) is 0 Å². The fourth-order valence-electron chi connectivity index (χ4n) is 7.41. The molecular weight excluding hydrogens is 615 g/mol. The lowest BCUT2D eigenvalue weighted by Gasteiger charge is -2.28. The van der Waals surface area contributed by atoms with E-state index in [-0.39, 0.29) is 0 Å². The summed E-state index contributed by atoms with van der Waals surface area (Å²) in [6, 6.07) is 63.3. The average molecular weight is 644 g/mol. The number of nitrogens with zero attached hydrogens (tertiary/aromatic N) is 1. The van der Waals surface area contributed by atoms with Crippen LogP contribution in [0.2, 0.25) is 0 Å². The monoisotopic (exact) mass is 643 g/mol. The van der Waals surface area contributed by atoms with E-state index in [1.165, 1.54) is 42.1 Å². The van der Waals surface area contributed by atoms with Crippen LogP contribution >= 0.6 is 11.3 Å². The molecule has 10 rings (SSSR count). The molecule has 2 aromatic heterocycles. The minimum atomic E-state index is 0.873. The van der Waals surface area contributed by atoms with Crippen molar-refractivity contribution < 1.29 is 4.42 Å². The van der Waals surface area contributed by atoms with E-state index in [9.17, 15) is 0 Å². The normalized spacial score (nSPS) is 11.7. The maximum atomic E-state index is 6.67. The number of anilines is 3. The zero-order valence-electron chi connectivity index (χ0n) is 26.5. The Morgan fingerprint density at radius 3 is 1.98 bits per heavy atom. The summed E-state index contributed by atoms with van der Waals surface area (Å²) < 4.78 is 9.25. The van der Waals surface area contributed by atoms with Gasteiger partial charge in [-0.3, -0.25) is 0 Å². The summed E-state index contributed by atoms with van der Waals surface area (Å²) in [7, 11) is 0. The van der Waals surface area contributed by atoms with Gasteiger partial charge < -0.3 is 9.32 Å². The average Bonchev–Trinajstić information content (AvgIpc) is 3.74. The Morgan fingerprint density at radius 2 is 1.04 bits per heavy atom. The zero-order valence-corrected chi connectivity index (χ0v) is 27.3. The summed E-state index contributed by atoms with van der Waals surface area (Å²) in [5.41, 5.74) is 9.67. The van der Waals surface area contributed by atoms with Crippen molar-refractivity contribution in [1.29, 1.82) is 0 Å². The van der Waals surface area contributed by atoms with Crippen LogP contribution < -0.4 is 4.90 Å². The number of benzene rings is 8. The van der Waals surface area contributed by atoms with Crippen LogP contribution in [0.4, 0.5) is 17.1 Å². The third kappa shape index (κ3) is 4.55. The first-order chi connectivity index (χ1) is 24.3.